The minimum Gasteiger partial charge on any atom is -0.409 e. The third kappa shape index (κ3) is 3.80. The Kier molecular flexibility index (Phi) is 5.07. The number of aliphatic hydroxyl groups excluding tert-OH is 1. The van der Waals surface area contributed by atoms with Crippen molar-refractivity contribution in [2.24, 2.45) is 10.9 Å². The third-order valence-corrected chi connectivity index (χ3v) is 3.62. The lowest BCUT2D eigenvalue weighted by atomic mass is 10.3. The first-order valence-corrected chi connectivity index (χ1v) is 6.22. The van der Waals surface area contributed by atoms with Gasteiger partial charge in [-0.2, -0.15) is 0 Å². The highest BCUT2D eigenvalue weighted by atomic mass is 32.2. The summed E-state index contributed by atoms with van der Waals surface area (Å²) in [5.74, 6) is -0.432. The molecule has 8 nitrogen and oxygen atoms in total. The minimum atomic E-state index is -0.660. The number of amidine groups is 1. The number of aromatic nitrogens is 1. The Morgan fingerprint density at radius 2 is 2.21 bits per heavy atom. The molecule has 1 aromatic heterocycles. The fourth-order valence-electron chi connectivity index (χ4n) is 1.17. The fourth-order valence-corrected chi connectivity index (χ4v) is 2.04. The summed E-state index contributed by atoms with van der Waals surface area (Å²) in [4.78, 5) is 14.1. The number of aliphatic hydroxyl groups is 1. The Morgan fingerprint density at radius 1 is 1.58 bits per heavy atom. The lowest BCUT2D eigenvalue weighted by Crippen LogP contribution is -2.19. The molecule has 0 spiro atoms. The van der Waals surface area contributed by atoms with Crippen LogP contribution in [0.25, 0.3) is 0 Å². The van der Waals surface area contributed by atoms with Crippen LogP contribution in [0.5, 0.6) is 0 Å². The van der Waals surface area contributed by atoms with Crippen LogP contribution in [0.2, 0.25) is 0 Å². The molecule has 0 fully saturated rings. The number of nitrogens with zero attached hydrogens (tertiary/aromatic N) is 3. The minimum absolute atomic E-state index is 0.144. The van der Waals surface area contributed by atoms with Crippen LogP contribution < -0.4 is 5.73 Å². The van der Waals surface area contributed by atoms with Crippen molar-refractivity contribution < 1.29 is 15.2 Å². The highest BCUT2D eigenvalue weighted by molar-refractivity contribution is 7.99. The van der Waals surface area contributed by atoms with Crippen molar-refractivity contribution in [3.05, 3.63) is 27.9 Å². The summed E-state index contributed by atoms with van der Waals surface area (Å²) < 4.78 is 0. The average Bonchev–Trinajstić information content (AvgIpc) is 2.37. The number of rotatable bonds is 5. The van der Waals surface area contributed by atoms with E-state index in [1.807, 2.05) is 0 Å². The van der Waals surface area contributed by atoms with Crippen LogP contribution in [0, 0.1) is 10.1 Å². The monoisotopic (exact) mass is 286 g/mol. The van der Waals surface area contributed by atoms with Crippen molar-refractivity contribution >= 4 is 23.3 Å². The molecule has 2 unspecified atom stereocenters. The second-order valence-electron chi connectivity index (χ2n) is 3.82. The number of nitro groups is 1. The molecule has 0 aliphatic heterocycles. The van der Waals surface area contributed by atoms with E-state index in [-0.39, 0.29) is 16.6 Å². The summed E-state index contributed by atoms with van der Waals surface area (Å²) in [5, 5.41) is 31.9. The summed E-state index contributed by atoms with van der Waals surface area (Å²) in [6.07, 6.45) is -0.561. The van der Waals surface area contributed by atoms with Gasteiger partial charge in [-0.1, -0.05) is 12.1 Å². The second kappa shape index (κ2) is 6.34. The molecule has 0 amide bonds. The molecule has 0 radical (unpaired) electrons. The van der Waals surface area contributed by atoms with Gasteiger partial charge in [-0.15, -0.1) is 11.8 Å². The van der Waals surface area contributed by atoms with Crippen molar-refractivity contribution in [2.45, 2.75) is 30.2 Å². The van der Waals surface area contributed by atoms with Gasteiger partial charge in [0.25, 0.3) is 5.69 Å². The summed E-state index contributed by atoms with van der Waals surface area (Å²) in [7, 11) is 0. The van der Waals surface area contributed by atoms with E-state index >= 15 is 0 Å². The quantitative estimate of drug-likeness (QED) is 0.183. The molecule has 0 bridgehead atoms. The summed E-state index contributed by atoms with van der Waals surface area (Å²) in [6.45, 7) is 3.43. The van der Waals surface area contributed by atoms with Gasteiger partial charge in [0.15, 0.2) is 11.5 Å². The zero-order chi connectivity index (χ0) is 14.6. The van der Waals surface area contributed by atoms with Crippen molar-refractivity contribution in [3.63, 3.8) is 0 Å². The largest absolute Gasteiger partial charge is 0.409 e. The van der Waals surface area contributed by atoms with Gasteiger partial charge in [0, 0.05) is 11.3 Å². The molecule has 0 aromatic carbocycles. The van der Waals surface area contributed by atoms with E-state index in [2.05, 4.69) is 10.1 Å². The van der Waals surface area contributed by atoms with Gasteiger partial charge in [0.05, 0.1) is 16.1 Å². The fraction of sp³-hybridized carbons (Fsp3) is 0.400. The Balaban J connectivity index is 3.15. The molecule has 9 heteroatoms. The van der Waals surface area contributed by atoms with E-state index in [1.165, 1.54) is 23.9 Å². The van der Waals surface area contributed by atoms with Crippen LogP contribution >= 0.6 is 11.8 Å². The smallest absolute Gasteiger partial charge is 0.298 e. The molecular weight excluding hydrogens is 272 g/mol. The van der Waals surface area contributed by atoms with Crippen LogP contribution in [-0.2, 0) is 0 Å². The number of thioether (sulfide) groups is 1. The van der Waals surface area contributed by atoms with E-state index in [1.54, 1.807) is 13.8 Å². The van der Waals surface area contributed by atoms with Crippen LogP contribution in [0.1, 0.15) is 19.5 Å². The van der Waals surface area contributed by atoms with E-state index in [0.717, 1.165) is 0 Å². The molecular formula is C10H14N4O4S. The first-order valence-electron chi connectivity index (χ1n) is 5.34. The van der Waals surface area contributed by atoms with Crippen molar-refractivity contribution in [1.29, 1.82) is 0 Å². The third-order valence-electron chi connectivity index (χ3n) is 2.38. The Hall–Kier alpha value is -1.87. The van der Waals surface area contributed by atoms with Gasteiger partial charge in [0.1, 0.15) is 0 Å². The number of pyridine rings is 1. The Bertz CT molecular complexity index is 506. The lowest BCUT2D eigenvalue weighted by molar-refractivity contribution is -0.385. The predicted molar refractivity (Wildman–Crippen MR) is 70.4 cm³/mol. The topological polar surface area (TPSA) is 135 Å². The predicted octanol–water partition coefficient (Wildman–Crippen LogP) is 0.946. The van der Waals surface area contributed by atoms with Crippen LogP contribution in [0.3, 0.4) is 0 Å². The van der Waals surface area contributed by atoms with Gasteiger partial charge in [-0.05, 0) is 13.0 Å². The normalized spacial score (nSPS) is 15.0. The lowest BCUT2D eigenvalue weighted by Gasteiger charge is -2.13. The number of hydrogen-bond donors (Lipinski definition) is 3. The van der Waals surface area contributed by atoms with Gasteiger partial charge in [-0.3, -0.25) is 10.1 Å². The van der Waals surface area contributed by atoms with E-state index in [0.29, 0.717) is 5.03 Å². The Morgan fingerprint density at radius 3 is 2.68 bits per heavy atom. The van der Waals surface area contributed by atoms with Crippen molar-refractivity contribution in [1.82, 2.24) is 4.98 Å². The van der Waals surface area contributed by atoms with Crippen LogP contribution in [0.15, 0.2) is 22.3 Å². The number of hydrogen-bond acceptors (Lipinski definition) is 7. The SMILES string of the molecule is CC(O)C(C)Sc1ccc([N+](=O)[O-])c(/C(N)=N/O)n1. The number of nitrogens with two attached hydrogens (primary N) is 1. The highest BCUT2D eigenvalue weighted by Crippen LogP contribution is 2.26. The first kappa shape index (κ1) is 15.2. The number of oxime groups is 1. The standard InChI is InChI=1S/C10H14N4O4S/c1-5(15)6(2)19-8-4-3-7(14(17)18)9(12-8)10(11)13-16/h3-6,15-16H,1-2H3,(H2,11,13). The molecule has 0 saturated carbocycles. The maximum absolute atomic E-state index is 10.8. The molecule has 2 atom stereocenters. The van der Waals surface area contributed by atoms with Crippen molar-refractivity contribution in [2.75, 3.05) is 0 Å². The molecule has 1 aromatic rings. The van der Waals surface area contributed by atoms with Crippen LogP contribution in [0.4, 0.5) is 5.69 Å². The molecule has 0 saturated heterocycles. The molecule has 4 N–H and O–H groups in total. The maximum atomic E-state index is 10.8. The van der Waals surface area contributed by atoms with Gasteiger partial charge < -0.3 is 16.0 Å². The maximum Gasteiger partial charge on any atom is 0.298 e. The Labute approximate surface area is 113 Å². The van der Waals surface area contributed by atoms with Gasteiger partial charge in [0.2, 0.25) is 0 Å². The zero-order valence-electron chi connectivity index (χ0n) is 10.3. The zero-order valence-corrected chi connectivity index (χ0v) is 11.2. The average molecular weight is 286 g/mol. The van der Waals surface area contributed by atoms with E-state index in [9.17, 15) is 15.2 Å². The van der Waals surface area contributed by atoms with Crippen molar-refractivity contribution in [3.8, 4) is 0 Å². The molecule has 1 heterocycles. The second-order valence-corrected chi connectivity index (χ2v) is 5.22. The summed E-state index contributed by atoms with van der Waals surface area (Å²) in [5.41, 5.74) is 4.82. The molecule has 19 heavy (non-hydrogen) atoms. The molecule has 0 aliphatic carbocycles. The van der Waals surface area contributed by atoms with E-state index < -0.39 is 16.9 Å². The summed E-state index contributed by atoms with van der Waals surface area (Å²) >= 11 is 1.24. The van der Waals surface area contributed by atoms with Gasteiger partial charge >= 0.3 is 0 Å². The molecule has 1 rings (SSSR count). The van der Waals surface area contributed by atoms with Crippen LogP contribution in [-0.4, -0.2) is 37.4 Å². The highest BCUT2D eigenvalue weighted by Gasteiger charge is 2.21. The molecule has 0 aliphatic rings. The first-order chi connectivity index (χ1) is 8.86. The summed E-state index contributed by atoms with van der Waals surface area (Å²) in [6, 6.07) is 2.69. The van der Waals surface area contributed by atoms with E-state index in [4.69, 9.17) is 10.9 Å². The van der Waals surface area contributed by atoms with Gasteiger partial charge in [-0.25, -0.2) is 4.98 Å². The molecule has 104 valence electrons.